The summed E-state index contributed by atoms with van der Waals surface area (Å²) in [5, 5.41) is 12.7. The third-order valence-corrected chi connectivity index (χ3v) is 4.47. The highest BCUT2D eigenvalue weighted by Crippen LogP contribution is 2.20. The van der Waals surface area contributed by atoms with E-state index in [4.69, 9.17) is 0 Å². The van der Waals surface area contributed by atoms with Crippen molar-refractivity contribution in [1.29, 1.82) is 0 Å². The van der Waals surface area contributed by atoms with Crippen LogP contribution in [0.5, 0.6) is 0 Å². The molecule has 22 heavy (non-hydrogen) atoms. The normalized spacial score (nSPS) is 23.0. The van der Waals surface area contributed by atoms with E-state index < -0.39 is 0 Å². The van der Waals surface area contributed by atoms with Gasteiger partial charge in [0.05, 0.1) is 12.6 Å². The van der Waals surface area contributed by atoms with Crippen LogP contribution in [0.4, 0.5) is 4.79 Å². The molecule has 126 valence electrons. The van der Waals surface area contributed by atoms with E-state index in [0.717, 1.165) is 32.7 Å². The number of rotatable bonds is 5. The number of urea groups is 1. The molecule has 0 spiro atoms. The molecule has 2 saturated heterocycles. The summed E-state index contributed by atoms with van der Waals surface area (Å²) < 4.78 is 0. The maximum absolute atomic E-state index is 11.5. The Balaban J connectivity index is 1.69. The second-order valence-corrected chi connectivity index (χ2v) is 7.23. The van der Waals surface area contributed by atoms with Crippen LogP contribution in [-0.4, -0.2) is 90.2 Å². The summed E-state index contributed by atoms with van der Waals surface area (Å²) in [6, 6.07) is -0.281. The third-order valence-electron chi connectivity index (χ3n) is 4.47. The largest absolute Gasteiger partial charge is 0.391 e. The van der Waals surface area contributed by atoms with Crippen LogP contribution < -0.4 is 5.32 Å². The number of aliphatic hydroxyl groups excluding tert-OH is 1. The Hall–Kier alpha value is -1.18. The lowest BCUT2D eigenvalue weighted by Crippen LogP contribution is -2.51. The van der Waals surface area contributed by atoms with Crippen molar-refractivity contribution in [2.75, 3.05) is 52.4 Å². The van der Waals surface area contributed by atoms with Crippen LogP contribution in [0, 0.1) is 5.41 Å². The Kier molecular flexibility index (Phi) is 5.41. The van der Waals surface area contributed by atoms with Gasteiger partial charge in [-0.2, -0.15) is 0 Å². The van der Waals surface area contributed by atoms with Gasteiger partial charge in [-0.15, -0.1) is 0 Å². The second-order valence-electron chi connectivity index (χ2n) is 7.23. The topological polar surface area (TPSA) is 76.1 Å². The van der Waals surface area contributed by atoms with Gasteiger partial charge in [0, 0.05) is 45.8 Å². The first-order valence-corrected chi connectivity index (χ1v) is 7.98. The van der Waals surface area contributed by atoms with Crippen molar-refractivity contribution in [1.82, 2.24) is 20.0 Å². The average Bonchev–Trinajstić information content (AvgIpc) is 2.76. The fraction of sp³-hybridized carbons (Fsp3) is 0.867. The number of aliphatic hydroxyl groups is 1. The first kappa shape index (κ1) is 17.2. The molecule has 0 bridgehead atoms. The summed E-state index contributed by atoms with van der Waals surface area (Å²) in [4.78, 5) is 28.8. The molecule has 2 rings (SSSR count). The van der Waals surface area contributed by atoms with E-state index in [0.29, 0.717) is 13.1 Å². The number of piperazine rings is 1. The average molecular weight is 312 g/mol. The Labute approximate surface area is 132 Å². The number of carbonyl (C=O) groups is 2. The van der Waals surface area contributed by atoms with Crippen LogP contribution >= 0.6 is 0 Å². The van der Waals surface area contributed by atoms with Gasteiger partial charge in [0.1, 0.15) is 0 Å². The highest BCUT2D eigenvalue weighted by molar-refractivity contribution is 6.01. The van der Waals surface area contributed by atoms with E-state index in [1.165, 1.54) is 4.90 Å². The van der Waals surface area contributed by atoms with Crippen LogP contribution in [0.3, 0.4) is 0 Å². The van der Waals surface area contributed by atoms with E-state index in [2.05, 4.69) is 15.1 Å². The zero-order valence-corrected chi connectivity index (χ0v) is 13.8. The van der Waals surface area contributed by atoms with Gasteiger partial charge in [-0.1, -0.05) is 20.8 Å². The molecule has 7 nitrogen and oxygen atoms in total. The summed E-state index contributed by atoms with van der Waals surface area (Å²) in [6.07, 6.45) is -0.329. The van der Waals surface area contributed by atoms with E-state index in [1.54, 1.807) is 0 Å². The highest BCUT2D eigenvalue weighted by atomic mass is 16.3. The number of imide groups is 1. The van der Waals surface area contributed by atoms with Gasteiger partial charge in [-0.05, 0) is 5.41 Å². The van der Waals surface area contributed by atoms with Gasteiger partial charge >= 0.3 is 6.03 Å². The zero-order valence-electron chi connectivity index (χ0n) is 13.8. The highest BCUT2D eigenvalue weighted by Gasteiger charge is 2.29. The van der Waals surface area contributed by atoms with E-state index >= 15 is 0 Å². The quantitative estimate of drug-likeness (QED) is 0.673. The number of nitrogens with one attached hydrogen (secondary N) is 1. The number of β-amino-alcohol motifs (C(OH)–C–C–N with tert-alkyl or cyclic N) is 1. The Morgan fingerprint density at radius 3 is 2.18 bits per heavy atom. The van der Waals surface area contributed by atoms with Crippen LogP contribution in [0.1, 0.15) is 20.8 Å². The number of hydrogen-bond donors (Lipinski definition) is 2. The lowest BCUT2D eigenvalue weighted by Gasteiger charge is -2.38. The number of hydrogen-bond acceptors (Lipinski definition) is 5. The van der Waals surface area contributed by atoms with Crippen LogP contribution in [-0.2, 0) is 4.79 Å². The van der Waals surface area contributed by atoms with Crippen LogP contribution in [0.2, 0.25) is 0 Å². The predicted molar refractivity (Wildman–Crippen MR) is 83.5 cm³/mol. The van der Waals surface area contributed by atoms with E-state index in [9.17, 15) is 14.7 Å². The Bertz CT molecular complexity index is 398. The van der Waals surface area contributed by atoms with Gasteiger partial charge in [0.2, 0.25) is 5.91 Å². The van der Waals surface area contributed by atoms with Gasteiger partial charge in [-0.3, -0.25) is 19.5 Å². The fourth-order valence-electron chi connectivity index (χ4n) is 2.64. The molecule has 1 atom stereocenters. The molecule has 2 fully saturated rings. The molecule has 0 aromatic heterocycles. The molecule has 7 heteroatoms. The third kappa shape index (κ3) is 4.41. The molecule has 0 saturated carbocycles. The van der Waals surface area contributed by atoms with Crippen molar-refractivity contribution >= 4 is 11.9 Å². The number of nitrogens with zero attached hydrogens (tertiary/aromatic N) is 3. The lowest BCUT2D eigenvalue weighted by molar-refractivity contribution is -0.125. The molecule has 0 aliphatic carbocycles. The van der Waals surface area contributed by atoms with Gasteiger partial charge < -0.3 is 10.4 Å². The van der Waals surface area contributed by atoms with Crippen molar-refractivity contribution in [2.45, 2.75) is 26.9 Å². The first-order chi connectivity index (χ1) is 10.3. The standard InChI is InChI=1S/C15H28N4O3/c1-15(2,3)12(20)11-18-6-4-17(5-7-18)8-9-19-13(21)10-16-14(19)22/h12,20H,4-11H2,1-3H3,(H,16,22)/t12-/m1/s1. The molecular weight excluding hydrogens is 284 g/mol. The smallest absolute Gasteiger partial charge is 0.324 e. The second kappa shape index (κ2) is 6.93. The van der Waals surface area contributed by atoms with Crippen LogP contribution in [0.15, 0.2) is 0 Å². The van der Waals surface area contributed by atoms with Crippen molar-refractivity contribution in [2.24, 2.45) is 5.41 Å². The minimum absolute atomic E-state index is 0.0966. The Morgan fingerprint density at radius 1 is 1.09 bits per heavy atom. The molecule has 2 aliphatic heterocycles. The molecule has 0 unspecified atom stereocenters. The summed E-state index contributed by atoms with van der Waals surface area (Å²) >= 11 is 0. The maximum Gasteiger partial charge on any atom is 0.324 e. The molecule has 3 amide bonds. The van der Waals surface area contributed by atoms with E-state index in [-0.39, 0.29) is 30.0 Å². The molecular formula is C15H28N4O3. The van der Waals surface area contributed by atoms with Gasteiger partial charge in [0.15, 0.2) is 0 Å². The molecule has 0 radical (unpaired) electrons. The Morgan fingerprint density at radius 2 is 1.68 bits per heavy atom. The minimum atomic E-state index is -0.329. The molecule has 0 aromatic rings. The van der Waals surface area contributed by atoms with Crippen molar-refractivity contribution in [3.8, 4) is 0 Å². The van der Waals surface area contributed by atoms with Crippen molar-refractivity contribution in [3.05, 3.63) is 0 Å². The van der Waals surface area contributed by atoms with Crippen molar-refractivity contribution < 1.29 is 14.7 Å². The number of amides is 3. The first-order valence-electron chi connectivity index (χ1n) is 7.98. The molecule has 2 heterocycles. The SMILES string of the molecule is CC(C)(C)[C@H](O)CN1CCN(CCN2C(=O)CNC2=O)CC1. The molecule has 0 aromatic carbocycles. The maximum atomic E-state index is 11.5. The zero-order chi connectivity index (χ0) is 16.3. The van der Waals surface area contributed by atoms with E-state index in [1.807, 2.05) is 20.8 Å². The summed E-state index contributed by atoms with van der Waals surface area (Å²) in [5.74, 6) is -0.142. The van der Waals surface area contributed by atoms with Crippen LogP contribution in [0.25, 0.3) is 0 Å². The predicted octanol–water partition coefficient (Wildman–Crippen LogP) is -0.437. The fourth-order valence-corrected chi connectivity index (χ4v) is 2.64. The van der Waals surface area contributed by atoms with Gasteiger partial charge in [-0.25, -0.2) is 4.79 Å². The monoisotopic (exact) mass is 312 g/mol. The molecule has 2 aliphatic rings. The lowest BCUT2D eigenvalue weighted by atomic mass is 9.89. The molecule has 2 N–H and O–H groups in total. The minimum Gasteiger partial charge on any atom is -0.391 e. The van der Waals surface area contributed by atoms with Crippen molar-refractivity contribution in [3.63, 3.8) is 0 Å². The summed E-state index contributed by atoms with van der Waals surface area (Å²) in [5.41, 5.74) is -0.0966. The number of carbonyl (C=O) groups excluding carboxylic acids is 2. The van der Waals surface area contributed by atoms with Gasteiger partial charge in [0.25, 0.3) is 0 Å². The summed E-state index contributed by atoms with van der Waals surface area (Å²) in [6.45, 7) is 11.8. The summed E-state index contributed by atoms with van der Waals surface area (Å²) in [7, 11) is 0.